The van der Waals surface area contributed by atoms with Crippen LogP contribution in [0.5, 0.6) is 5.75 Å². The minimum atomic E-state index is 0.403. The summed E-state index contributed by atoms with van der Waals surface area (Å²) in [6.07, 6.45) is 3.34. The second kappa shape index (κ2) is 6.75. The second-order valence-corrected chi connectivity index (χ2v) is 6.96. The summed E-state index contributed by atoms with van der Waals surface area (Å²) in [6, 6.07) is 16.5. The first-order chi connectivity index (χ1) is 12.2. The third-order valence-electron chi connectivity index (χ3n) is 5.21. The predicted molar refractivity (Wildman–Crippen MR) is 100 cm³/mol. The molecule has 1 aliphatic rings. The highest BCUT2D eigenvalue weighted by Crippen LogP contribution is 2.38. The van der Waals surface area contributed by atoms with Crippen molar-refractivity contribution in [3.05, 3.63) is 65.4 Å². The fraction of sp³-hybridized carbons (Fsp3) is 0.318. The Hall–Kier alpha value is -2.55. The number of hydrogen-bond donors (Lipinski definition) is 1. The molecule has 0 amide bonds. The second-order valence-electron chi connectivity index (χ2n) is 6.96. The van der Waals surface area contributed by atoms with Crippen LogP contribution in [0.1, 0.15) is 48.4 Å². The molecular formula is C22H23NO2. The smallest absolute Gasteiger partial charge is 0.132 e. The summed E-state index contributed by atoms with van der Waals surface area (Å²) in [5.74, 6) is 1.76. The number of aromatic amines is 1. The topological polar surface area (TPSA) is 42.1 Å². The van der Waals surface area contributed by atoms with Gasteiger partial charge in [0.2, 0.25) is 0 Å². The Labute approximate surface area is 148 Å². The van der Waals surface area contributed by atoms with Crippen LogP contribution in [-0.4, -0.2) is 10.8 Å². The van der Waals surface area contributed by atoms with Gasteiger partial charge in [0.1, 0.15) is 18.1 Å². The van der Waals surface area contributed by atoms with Crippen molar-refractivity contribution in [2.75, 3.05) is 0 Å². The molecule has 0 atom stereocenters. The molecule has 0 radical (unpaired) electrons. The number of H-pyrrole nitrogens is 1. The number of carbonyl (C=O) groups is 1. The zero-order valence-electron chi connectivity index (χ0n) is 14.5. The lowest BCUT2D eigenvalue weighted by Crippen LogP contribution is -2.12. The molecule has 0 saturated heterocycles. The summed E-state index contributed by atoms with van der Waals surface area (Å²) < 4.78 is 6.00. The number of fused-ring (bicyclic) bond motifs is 1. The number of benzene rings is 2. The van der Waals surface area contributed by atoms with E-state index in [4.69, 9.17) is 4.74 Å². The molecule has 3 nitrogen and oxygen atoms in total. The number of aryl methyl sites for hydroxylation is 1. The van der Waals surface area contributed by atoms with Gasteiger partial charge in [-0.2, -0.15) is 0 Å². The van der Waals surface area contributed by atoms with Gasteiger partial charge in [-0.05, 0) is 55.0 Å². The Morgan fingerprint density at radius 3 is 2.60 bits per heavy atom. The maximum absolute atomic E-state index is 11.6. The van der Waals surface area contributed by atoms with Crippen LogP contribution in [0, 0.1) is 6.92 Å². The summed E-state index contributed by atoms with van der Waals surface area (Å²) >= 11 is 0. The third-order valence-corrected chi connectivity index (χ3v) is 5.21. The van der Waals surface area contributed by atoms with Gasteiger partial charge < -0.3 is 9.72 Å². The van der Waals surface area contributed by atoms with Crippen molar-refractivity contribution in [3.63, 3.8) is 0 Å². The lowest BCUT2D eigenvalue weighted by molar-refractivity contribution is -0.120. The van der Waals surface area contributed by atoms with E-state index in [9.17, 15) is 4.79 Å². The summed E-state index contributed by atoms with van der Waals surface area (Å²) in [5, 5.41) is 1.24. The number of ether oxygens (including phenoxy) is 1. The Morgan fingerprint density at radius 1 is 1.08 bits per heavy atom. The fourth-order valence-corrected chi connectivity index (χ4v) is 3.91. The van der Waals surface area contributed by atoms with E-state index < -0.39 is 0 Å². The van der Waals surface area contributed by atoms with E-state index in [1.165, 1.54) is 22.2 Å². The quantitative estimate of drug-likeness (QED) is 0.705. The summed E-state index contributed by atoms with van der Waals surface area (Å²) in [5.41, 5.74) is 4.90. The predicted octanol–water partition coefficient (Wildman–Crippen LogP) is 5.28. The highest BCUT2D eigenvalue weighted by Gasteiger charge is 2.24. The highest BCUT2D eigenvalue weighted by atomic mass is 16.5. The Balaban J connectivity index is 1.60. The van der Waals surface area contributed by atoms with Crippen molar-refractivity contribution >= 4 is 16.7 Å². The first-order valence-electron chi connectivity index (χ1n) is 9.01. The van der Waals surface area contributed by atoms with E-state index >= 15 is 0 Å². The van der Waals surface area contributed by atoms with Crippen molar-refractivity contribution in [1.29, 1.82) is 0 Å². The van der Waals surface area contributed by atoms with Crippen molar-refractivity contribution in [3.8, 4) is 5.75 Å². The van der Waals surface area contributed by atoms with Crippen LogP contribution >= 0.6 is 0 Å². The van der Waals surface area contributed by atoms with Crippen LogP contribution in [0.3, 0.4) is 0 Å². The molecule has 25 heavy (non-hydrogen) atoms. The molecule has 1 aromatic heterocycles. The van der Waals surface area contributed by atoms with Gasteiger partial charge in [-0.1, -0.05) is 30.3 Å². The summed E-state index contributed by atoms with van der Waals surface area (Å²) in [4.78, 5) is 15.1. The van der Waals surface area contributed by atoms with E-state index in [1.807, 2.05) is 24.3 Å². The average molecular weight is 333 g/mol. The average Bonchev–Trinajstić information content (AvgIpc) is 2.97. The third kappa shape index (κ3) is 3.32. The number of carbonyl (C=O) groups excluding carboxylic acids is 1. The van der Waals surface area contributed by atoms with Gasteiger partial charge in [-0.15, -0.1) is 0 Å². The minimum Gasteiger partial charge on any atom is -0.489 e. The largest absolute Gasteiger partial charge is 0.489 e. The highest BCUT2D eigenvalue weighted by molar-refractivity contribution is 5.87. The van der Waals surface area contributed by atoms with Gasteiger partial charge in [-0.25, -0.2) is 0 Å². The molecule has 0 unspecified atom stereocenters. The van der Waals surface area contributed by atoms with Crippen molar-refractivity contribution in [2.24, 2.45) is 0 Å². The van der Waals surface area contributed by atoms with Crippen molar-refractivity contribution < 1.29 is 9.53 Å². The molecule has 1 saturated carbocycles. The van der Waals surface area contributed by atoms with E-state index in [1.54, 1.807) is 0 Å². The Kier molecular flexibility index (Phi) is 4.31. The summed E-state index contributed by atoms with van der Waals surface area (Å²) in [6.45, 7) is 2.71. The van der Waals surface area contributed by atoms with Crippen LogP contribution in [0.4, 0.5) is 0 Å². The SMILES string of the molecule is Cc1[nH]c2ccc(OCc3ccccc3)cc2c1C1CCC(=O)CC1. The molecule has 3 heteroatoms. The molecule has 3 aromatic rings. The van der Waals surface area contributed by atoms with Gasteiger partial charge in [0.25, 0.3) is 0 Å². The molecule has 4 rings (SSSR count). The number of Topliss-reactive ketones (excluding diaryl/α,β-unsaturated/α-hetero) is 1. The van der Waals surface area contributed by atoms with E-state index in [2.05, 4.69) is 36.2 Å². The molecule has 1 fully saturated rings. The van der Waals surface area contributed by atoms with Gasteiger partial charge in [-0.3, -0.25) is 4.79 Å². The monoisotopic (exact) mass is 333 g/mol. The molecule has 0 bridgehead atoms. The lowest BCUT2D eigenvalue weighted by Gasteiger charge is -2.21. The Morgan fingerprint density at radius 2 is 1.84 bits per heavy atom. The standard InChI is InChI=1S/C22H23NO2/c1-15-22(17-7-9-18(24)10-8-17)20-13-19(11-12-21(20)23-15)25-14-16-5-3-2-4-6-16/h2-6,11-13,17,23H,7-10,14H2,1H3. The van der Waals surface area contributed by atoms with E-state index in [0.29, 0.717) is 31.1 Å². The van der Waals surface area contributed by atoms with Gasteiger partial charge in [0.05, 0.1) is 0 Å². The Bertz CT molecular complexity index is 885. The maximum atomic E-state index is 11.6. The van der Waals surface area contributed by atoms with Crippen LogP contribution in [0.15, 0.2) is 48.5 Å². The van der Waals surface area contributed by atoms with Crippen molar-refractivity contribution in [2.45, 2.75) is 45.1 Å². The first-order valence-corrected chi connectivity index (χ1v) is 9.01. The molecule has 128 valence electrons. The number of nitrogens with one attached hydrogen (secondary N) is 1. The zero-order chi connectivity index (χ0) is 17.2. The first kappa shape index (κ1) is 15.9. The molecular weight excluding hydrogens is 310 g/mol. The normalized spacial score (nSPS) is 15.6. The van der Waals surface area contributed by atoms with Crippen LogP contribution < -0.4 is 4.74 Å². The van der Waals surface area contributed by atoms with Gasteiger partial charge in [0, 0.05) is 29.4 Å². The molecule has 0 spiro atoms. The molecule has 1 aliphatic carbocycles. The van der Waals surface area contributed by atoms with Crippen molar-refractivity contribution in [1.82, 2.24) is 4.98 Å². The van der Waals surface area contributed by atoms with Gasteiger partial charge >= 0.3 is 0 Å². The number of hydrogen-bond acceptors (Lipinski definition) is 2. The number of aromatic nitrogens is 1. The lowest BCUT2D eigenvalue weighted by atomic mass is 9.82. The molecule has 2 aromatic carbocycles. The molecule has 0 aliphatic heterocycles. The molecule has 1 N–H and O–H groups in total. The van der Waals surface area contributed by atoms with Gasteiger partial charge in [0.15, 0.2) is 0 Å². The number of ketones is 1. The van der Waals surface area contributed by atoms with Crippen LogP contribution in [0.2, 0.25) is 0 Å². The van der Waals surface area contributed by atoms with Crippen LogP contribution in [-0.2, 0) is 11.4 Å². The zero-order valence-corrected chi connectivity index (χ0v) is 14.5. The van der Waals surface area contributed by atoms with E-state index in [0.717, 1.165) is 24.1 Å². The minimum absolute atomic E-state index is 0.403. The maximum Gasteiger partial charge on any atom is 0.132 e. The van der Waals surface area contributed by atoms with Crippen LogP contribution in [0.25, 0.3) is 10.9 Å². The fourth-order valence-electron chi connectivity index (χ4n) is 3.91. The summed E-state index contributed by atoms with van der Waals surface area (Å²) in [7, 11) is 0. The molecule has 1 heterocycles. The van der Waals surface area contributed by atoms with E-state index in [-0.39, 0.29) is 0 Å². The number of rotatable bonds is 4.